The van der Waals surface area contributed by atoms with Gasteiger partial charge in [-0.15, -0.1) is 0 Å². The molecule has 24 heavy (non-hydrogen) atoms. The van der Waals surface area contributed by atoms with E-state index in [1.165, 1.54) is 0 Å². The van der Waals surface area contributed by atoms with Crippen molar-refractivity contribution >= 4 is 12.1 Å². The normalized spacial score (nSPS) is 15.1. The molecule has 0 fully saturated rings. The molecule has 134 valence electrons. The Morgan fingerprint density at radius 2 is 1.67 bits per heavy atom. The number of amides is 1. The molecular weight excluding hydrogens is 306 g/mol. The van der Waals surface area contributed by atoms with E-state index in [0.29, 0.717) is 0 Å². The van der Waals surface area contributed by atoms with Crippen LogP contribution in [0, 0.1) is 6.92 Å². The maximum Gasteiger partial charge on any atom is 0.408 e. The van der Waals surface area contributed by atoms with Gasteiger partial charge in [0.25, 0.3) is 0 Å². The molecule has 0 saturated heterocycles. The Balaban J connectivity index is 2.60. The first-order valence-electron chi connectivity index (χ1n) is 8.27. The van der Waals surface area contributed by atoms with Crippen LogP contribution in [0.5, 0.6) is 0 Å². The summed E-state index contributed by atoms with van der Waals surface area (Å²) in [6, 6.07) is 7.25. The van der Waals surface area contributed by atoms with Gasteiger partial charge >= 0.3 is 12.1 Å². The molecule has 0 aliphatic rings. The predicted molar refractivity (Wildman–Crippen MR) is 94.0 cm³/mol. The highest BCUT2D eigenvalue weighted by atomic mass is 16.6. The maximum atomic E-state index is 12.2. The Morgan fingerprint density at radius 3 is 2.21 bits per heavy atom. The number of carbonyl (C=O) groups is 2. The molecule has 5 nitrogen and oxygen atoms in total. The van der Waals surface area contributed by atoms with Gasteiger partial charge in [-0.05, 0) is 52.7 Å². The molecule has 0 saturated carbocycles. The molecule has 5 heteroatoms. The van der Waals surface area contributed by atoms with Crippen LogP contribution in [0.1, 0.15) is 58.6 Å². The van der Waals surface area contributed by atoms with E-state index >= 15 is 0 Å². The maximum absolute atomic E-state index is 12.2. The molecule has 0 radical (unpaired) electrons. The summed E-state index contributed by atoms with van der Waals surface area (Å²) in [4.78, 5) is 23.9. The van der Waals surface area contributed by atoms with Gasteiger partial charge in [-0.2, -0.15) is 0 Å². The van der Waals surface area contributed by atoms with E-state index in [-0.39, 0.29) is 12.0 Å². The third-order valence-corrected chi connectivity index (χ3v) is 3.77. The highest BCUT2D eigenvalue weighted by Crippen LogP contribution is 2.24. The van der Waals surface area contributed by atoms with E-state index in [1.54, 1.807) is 27.7 Å². The zero-order valence-electron chi connectivity index (χ0n) is 15.7. The van der Waals surface area contributed by atoms with Gasteiger partial charge in [0.05, 0.1) is 0 Å². The summed E-state index contributed by atoms with van der Waals surface area (Å²) in [6.07, 6.45) is -0.937. The standard InChI is InChI=1S/C19H29NO4/c1-12-10-8-9-11-16(12)13(2)15(4)23-17(21)14(3)20-18(22)24-19(5,6)7/h8-11,13-15H,1-7H3,(H,20,22)/t13-,14+,15-/m0/s1. The topological polar surface area (TPSA) is 64.6 Å². The van der Waals surface area contributed by atoms with Crippen molar-refractivity contribution in [1.82, 2.24) is 5.32 Å². The number of hydrogen-bond donors (Lipinski definition) is 1. The summed E-state index contributed by atoms with van der Waals surface area (Å²) >= 11 is 0. The minimum atomic E-state index is -0.772. The van der Waals surface area contributed by atoms with E-state index in [4.69, 9.17) is 9.47 Å². The van der Waals surface area contributed by atoms with Crippen LogP contribution >= 0.6 is 0 Å². The van der Waals surface area contributed by atoms with Crippen LogP contribution in [0.3, 0.4) is 0 Å². The molecule has 1 N–H and O–H groups in total. The number of nitrogens with one attached hydrogen (secondary N) is 1. The van der Waals surface area contributed by atoms with Gasteiger partial charge in [0.15, 0.2) is 0 Å². The molecule has 0 aromatic heterocycles. The van der Waals surface area contributed by atoms with E-state index in [9.17, 15) is 9.59 Å². The van der Waals surface area contributed by atoms with Crippen LogP contribution < -0.4 is 5.32 Å². The largest absolute Gasteiger partial charge is 0.461 e. The molecule has 0 aliphatic heterocycles. The van der Waals surface area contributed by atoms with E-state index in [1.807, 2.05) is 45.0 Å². The van der Waals surface area contributed by atoms with Gasteiger partial charge in [-0.1, -0.05) is 31.2 Å². The lowest BCUT2D eigenvalue weighted by Gasteiger charge is -2.25. The Bertz CT molecular complexity index is 577. The summed E-state index contributed by atoms with van der Waals surface area (Å²) in [6.45, 7) is 12.8. The van der Waals surface area contributed by atoms with Crippen LogP contribution in [0.25, 0.3) is 0 Å². The predicted octanol–water partition coefficient (Wildman–Crippen LogP) is 3.94. The van der Waals surface area contributed by atoms with Gasteiger partial charge in [0, 0.05) is 5.92 Å². The van der Waals surface area contributed by atoms with Gasteiger partial charge in [0.1, 0.15) is 17.7 Å². The van der Waals surface area contributed by atoms with E-state index in [2.05, 4.69) is 5.32 Å². The molecule has 0 heterocycles. The van der Waals surface area contributed by atoms with Crippen LogP contribution in [-0.4, -0.2) is 29.8 Å². The van der Waals surface area contributed by atoms with Gasteiger partial charge in [-0.3, -0.25) is 0 Å². The number of rotatable bonds is 5. The number of alkyl carbamates (subject to hydrolysis) is 1. The van der Waals surface area contributed by atoms with Crippen molar-refractivity contribution in [1.29, 1.82) is 0 Å². The summed E-state index contributed by atoms with van der Waals surface area (Å²) in [7, 11) is 0. The second-order valence-electron chi connectivity index (χ2n) is 7.16. The molecule has 1 aromatic rings. The smallest absolute Gasteiger partial charge is 0.408 e. The van der Waals surface area contributed by atoms with Gasteiger partial charge in [-0.25, -0.2) is 9.59 Å². The molecule has 1 aromatic carbocycles. The fourth-order valence-electron chi connectivity index (χ4n) is 2.28. The van der Waals surface area contributed by atoms with E-state index in [0.717, 1.165) is 11.1 Å². The Hall–Kier alpha value is -2.04. The summed E-state index contributed by atoms with van der Waals surface area (Å²) in [5, 5.41) is 2.50. The van der Waals surface area contributed by atoms with E-state index < -0.39 is 23.7 Å². The lowest BCUT2D eigenvalue weighted by atomic mass is 9.92. The second kappa shape index (κ2) is 8.18. The first kappa shape index (κ1) is 20.0. The molecule has 0 aliphatic carbocycles. The number of esters is 1. The SMILES string of the molecule is Cc1ccccc1[C@@H](C)[C@H](C)OC(=O)[C@@H](C)NC(=O)OC(C)(C)C. The first-order valence-corrected chi connectivity index (χ1v) is 8.27. The summed E-state index contributed by atoms with van der Waals surface area (Å²) in [5.41, 5.74) is 1.69. The molecule has 0 spiro atoms. The number of aryl methyl sites for hydroxylation is 1. The molecule has 3 atom stereocenters. The van der Waals surface area contributed by atoms with Crippen molar-refractivity contribution in [2.75, 3.05) is 0 Å². The zero-order valence-corrected chi connectivity index (χ0v) is 15.7. The molecule has 1 amide bonds. The van der Waals surface area contributed by atoms with Crippen LogP contribution in [0.4, 0.5) is 4.79 Å². The third-order valence-electron chi connectivity index (χ3n) is 3.77. The van der Waals surface area contributed by atoms with Gasteiger partial charge in [0.2, 0.25) is 0 Å². The van der Waals surface area contributed by atoms with Crippen molar-refractivity contribution in [3.05, 3.63) is 35.4 Å². The third kappa shape index (κ3) is 6.22. The highest BCUT2D eigenvalue weighted by Gasteiger charge is 2.25. The summed E-state index contributed by atoms with van der Waals surface area (Å²) in [5.74, 6) is -0.419. The Labute approximate surface area is 144 Å². The Kier molecular flexibility index (Phi) is 6.81. The van der Waals surface area contributed by atoms with Crippen LogP contribution in [0.2, 0.25) is 0 Å². The van der Waals surface area contributed by atoms with Gasteiger partial charge < -0.3 is 14.8 Å². The van der Waals surface area contributed by atoms with Crippen molar-refractivity contribution in [3.8, 4) is 0 Å². The van der Waals surface area contributed by atoms with Crippen molar-refractivity contribution in [3.63, 3.8) is 0 Å². The van der Waals surface area contributed by atoms with Crippen molar-refractivity contribution < 1.29 is 19.1 Å². The molecule has 0 unspecified atom stereocenters. The number of benzene rings is 1. The fourth-order valence-corrected chi connectivity index (χ4v) is 2.28. The molecular formula is C19H29NO4. The average Bonchev–Trinajstić information content (AvgIpc) is 2.44. The quantitative estimate of drug-likeness (QED) is 0.828. The minimum Gasteiger partial charge on any atom is -0.461 e. The number of hydrogen-bond acceptors (Lipinski definition) is 4. The Morgan fingerprint density at radius 1 is 1.08 bits per heavy atom. The van der Waals surface area contributed by atoms with Crippen molar-refractivity contribution in [2.45, 2.75) is 72.1 Å². The number of ether oxygens (including phenoxy) is 2. The highest BCUT2D eigenvalue weighted by molar-refractivity contribution is 5.81. The lowest BCUT2D eigenvalue weighted by Crippen LogP contribution is -2.43. The van der Waals surface area contributed by atoms with Crippen molar-refractivity contribution in [2.24, 2.45) is 0 Å². The lowest BCUT2D eigenvalue weighted by molar-refractivity contribution is -0.151. The van der Waals surface area contributed by atoms with Crippen LogP contribution in [0.15, 0.2) is 24.3 Å². The molecule has 1 rings (SSSR count). The average molecular weight is 335 g/mol. The van der Waals surface area contributed by atoms with Crippen LogP contribution in [-0.2, 0) is 14.3 Å². The summed E-state index contributed by atoms with van der Waals surface area (Å²) < 4.78 is 10.6. The monoisotopic (exact) mass is 335 g/mol. The zero-order chi connectivity index (χ0) is 18.5. The first-order chi connectivity index (χ1) is 11.0. The second-order valence-corrected chi connectivity index (χ2v) is 7.16. The minimum absolute atomic E-state index is 0.0591. The molecule has 0 bridgehead atoms. The number of carbonyl (C=O) groups excluding carboxylic acids is 2. The fraction of sp³-hybridized carbons (Fsp3) is 0.579.